The second-order valence-electron chi connectivity index (χ2n) is 10.3. The Morgan fingerprint density at radius 2 is 1.57 bits per heavy atom. The molecule has 0 radical (unpaired) electrons. The summed E-state index contributed by atoms with van der Waals surface area (Å²) < 4.78 is 42.5. The fraction of sp³-hybridized carbons (Fsp3) is 0.242. The maximum Gasteiger partial charge on any atom is 0.264 e. The first kappa shape index (κ1) is 32.2. The van der Waals surface area contributed by atoms with Gasteiger partial charge in [-0.25, -0.2) is 17.5 Å². The van der Waals surface area contributed by atoms with Crippen LogP contribution in [0.25, 0.3) is 10.8 Å². The summed E-state index contributed by atoms with van der Waals surface area (Å²) in [5.41, 5.74) is 6.85. The molecule has 0 aliphatic carbocycles. The van der Waals surface area contributed by atoms with Crippen molar-refractivity contribution in [1.29, 1.82) is 0 Å². The first-order valence-corrected chi connectivity index (χ1v) is 15.8. The van der Waals surface area contributed by atoms with Crippen LogP contribution in [0.15, 0.2) is 89.8 Å². The van der Waals surface area contributed by atoms with Gasteiger partial charge in [-0.15, -0.1) is 0 Å². The highest BCUT2D eigenvalue weighted by Gasteiger charge is 2.32. The van der Waals surface area contributed by atoms with E-state index in [2.05, 4.69) is 10.0 Å². The molecule has 0 bridgehead atoms. The molecular weight excluding hydrogens is 583 g/mol. The average Bonchev–Trinajstić information content (AvgIpc) is 3.00. The average molecular weight is 619 g/mol. The van der Waals surface area contributed by atoms with E-state index in [-0.39, 0.29) is 22.6 Å². The van der Waals surface area contributed by atoms with Gasteiger partial charge in [-0.1, -0.05) is 48.5 Å². The van der Waals surface area contributed by atoms with E-state index in [4.69, 9.17) is 5.73 Å². The molecule has 1 atom stereocenters. The maximum absolute atomic E-state index is 14.1. The number of carbonyl (C=O) groups excluding carboxylic acids is 3. The number of nitrogens with zero attached hydrogens (tertiary/aromatic N) is 1. The molecule has 1 unspecified atom stereocenters. The van der Waals surface area contributed by atoms with Crippen LogP contribution in [-0.2, 0) is 26.0 Å². The molecule has 9 nitrogen and oxygen atoms in total. The van der Waals surface area contributed by atoms with E-state index in [0.717, 1.165) is 17.0 Å². The van der Waals surface area contributed by atoms with Crippen molar-refractivity contribution in [3.63, 3.8) is 0 Å². The topological polar surface area (TPSA) is 139 Å². The monoisotopic (exact) mass is 618 g/mol. The standard InChI is InChI=1S/C33H35FN4O5S/c1-3-38(4-2)33(41)27(31(39)37-44(42,43)26-20-17-23-10-5-6-11-24(23)21-26)12-7-9-22-15-18-25(19-16-22)36-32(40)30-28(34)13-8-14-29(30)35/h5-6,8,10-11,13-21,27H,3-4,7,9,12,35H2,1-2H3,(H,36,40)(H,37,39). The van der Waals surface area contributed by atoms with Crippen molar-refractivity contribution >= 4 is 49.9 Å². The zero-order chi connectivity index (χ0) is 31.9. The van der Waals surface area contributed by atoms with Crippen LogP contribution >= 0.6 is 0 Å². The SMILES string of the molecule is CCN(CC)C(=O)C(CCCc1ccc(NC(=O)c2c(N)cccc2F)cc1)C(=O)NS(=O)(=O)c1ccc2ccccc2c1. The van der Waals surface area contributed by atoms with E-state index in [1.54, 1.807) is 56.3 Å². The van der Waals surface area contributed by atoms with E-state index in [0.29, 0.717) is 37.0 Å². The number of carbonyl (C=O) groups is 3. The molecule has 0 heterocycles. The predicted octanol–water partition coefficient (Wildman–Crippen LogP) is 5.13. The van der Waals surface area contributed by atoms with Gasteiger partial charge in [0.25, 0.3) is 15.9 Å². The summed E-state index contributed by atoms with van der Waals surface area (Å²) in [6, 6.07) is 22.7. The van der Waals surface area contributed by atoms with E-state index < -0.39 is 39.5 Å². The van der Waals surface area contributed by atoms with Crippen LogP contribution in [0.3, 0.4) is 0 Å². The van der Waals surface area contributed by atoms with Gasteiger partial charge in [-0.2, -0.15) is 0 Å². The van der Waals surface area contributed by atoms with Crippen LogP contribution in [-0.4, -0.2) is 44.1 Å². The van der Waals surface area contributed by atoms with Crippen LogP contribution in [0.2, 0.25) is 0 Å². The summed E-state index contributed by atoms with van der Waals surface area (Å²) in [6.45, 7) is 4.34. The Balaban J connectivity index is 1.42. The highest BCUT2D eigenvalue weighted by Crippen LogP contribution is 2.22. The van der Waals surface area contributed by atoms with Crippen molar-refractivity contribution in [3.8, 4) is 0 Å². The first-order valence-electron chi connectivity index (χ1n) is 14.3. The Morgan fingerprint density at radius 1 is 0.886 bits per heavy atom. The largest absolute Gasteiger partial charge is 0.398 e. The Kier molecular flexibility index (Phi) is 10.3. The van der Waals surface area contributed by atoms with Gasteiger partial charge in [0.2, 0.25) is 11.8 Å². The molecule has 11 heteroatoms. The second-order valence-corrected chi connectivity index (χ2v) is 12.0. The minimum Gasteiger partial charge on any atom is -0.398 e. The number of sulfonamides is 1. The number of aryl methyl sites for hydroxylation is 1. The Hall–Kier alpha value is -4.77. The first-order chi connectivity index (χ1) is 21.0. The van der Waals surface area contributed by atoms with Gasteiger partial charge in [-0.05, 0) is 85.8 Å². The third kappa shape index (κ3) is 7.59. The lowest BCUT2D eigenvalue weighted by atomic mass is 9.97. The van der Waals surface area contributed by atoms with Crippen LogP contribution in [0.4, 0.5) is 15.8 Å². The molecule has 0 fully saturated rings. The summed E-state index contributed by atoms with van der Waals surface area (Å²) in [5, 5.41) is 4.19. The van der Waals surface area contributed by atoms with E-state index >= 15 is 0 Å². The van der Waals surface area contributed by atoms with Crippen molar-refractivity contribution < 1.29 is 27.2 Å². The molecule has 44 heavy (non-hydrogen) atoms. The highest BCUT2D eigenvalue weighted by molar-refractivity contribution is 7.90. The summed E-state index contributed by atoms with van der Waals surface area (Å²) >= 11 is 0. The van der Waals surface area contributed by atoms with Crippen LogP contribution in [0.1, 0.15) is 42.6 Å². The lowest BCUT2D eigenvalue weighted by Crippen LogP contribution is -2.45. The molecule has 4 rings (SSSR count). The lowest BCUT2D eigenvalue weighted by molar-refractivity contribution is -0.141. The normalized spacial score (nSPS) is 12.0. The molecular formula is C33H35FN4O5S. The predicted molar refractivity (Wildman–Crippen MR) is 169 cm³/mol. The van der Waals surface area contributed by atoms with Crippen molar-refractivity contribution in [2.75, 3.05) is 24.1 Å². The van der Waals surface area contributed by atoms with Gasteiger partial charge in [0.05, 0.1) is 10.5 Å². The van der Waals surface area contributed by atoms with Crippen LogP contribution in [0, 0.1) is 11.7 Å². The van der Waals surface area contributed by atoms with Crippen molar-refractivity contribution in [2.24, 2.45) is 5.92 Å². The molecule has 0 aliphatic heterocycles. The fourth-order valence-electron chi connectivity index (χ4n) is 4.96. The van der Waals surface area contributed by atoms with Crippen LogP contribution < -0.4 is 15.8 Å². The van der Waals surface area contributed by atoms with E-state index in [1.807, 2.05) is 12.1 Å². The molecule has 0 aromatic heterocycles. The molecule has 0 aliphatic rings. The number of benzene rings is 4. The Labute approximate surface area is 256 Å². The summed E-state index contributed by atoms with van der Waals surface area (Å²) in [7, 11) is -4.22. The molecule has 0 saturated heterocycles. The summed E-state index contributed by atoms with van der Waals surface area (Å²) in [6.07, 6.45) is 1.03. The van der Waals surface area contributed by atoms with Gasteiger partial charge in [0.15, 0.2) is 0 Å². The Bertz CT molecular complexity index is 1750. The third-order valence-electron chi connectivity index (χ3n) is 7.40. The van der Waals surface area contributed by atoms with E-state index in [9.17, 15) is 27.2 Å². The highest BCUT2D eigenvalue weighted by atomic mass is 32.2. The molecule has 0 spiro atoms. The second kappa shape index (κ2) is 14.1. The number of halogens is 1. The molecule has 230 valence electrons. The Morgan fingerprint density at radius 3 is 2.23 bits per heavy atom. The minimum atomic E-state index is -4.22. The lowest BCUT2D eigenvalue weighted by Gasteiger charge is -2.24. The van der Waals surface area contributed by atoms with E-state index in [1.165, 1.54) is 29.2 Å². The number of nitrogen functional groups attached to an aromatic ring is 1. The number of rotatable bonds is 12. The quantitative estimate of drug-likeness (QED) is 0.149. The summed E-state index contributed by atoms with van der Waals surface area (Å²) in [4.78, 5) is 40.6. The third-order valence-corrected chi connectivity index (χ3v) is 8.74. The van der Waals surface area contributed by atoms with Gasteiger partial charge >= 0.3 is 0 Å². The van der Waals surface area contributed by atoms with Crippen molar-refractivity contribution in [1.82, 2.24) is 9.62 Å². The number of nitrogens with two attached hydrogens (primary N) is 1. The van der Waals surface area contributed by atoms with Gasteiger partial charge in [0.1, 0.15) is 11.7 Å². The summed E-state index contributed by atoms with van der Waals surface area (Å²) in [5.74, 6) is -3.90. The van der Waals surface area contributed by atoms with Crippen LogP contribution in [0.5, 0.6) is 0 Å². The number of anilines is 2. The molecule has 0 saturated carbocycles. The zero-order valence-corrected chi connectivity index (χ0v) is 25.4. The number of hydrogen-bond donors (Lipinski definition) is 3. The molecule has 4 aromatic rings. The number of nitrogens with one attached hydrogen (secondary N) is 2. The molecule has 3 amide bonds. The van der Waals surface area contributed by atoms with Gasteiger partial charge in [-0.3, -0.25) is 14.4 Å². The fourth-order valence-corrected chi connectivity index (χ4v) is 6.01. The smallest absolute Gasteiger partial charge is 0.264 e. The van der Waals surface area contributed by atoms with Gasteiger partial charge in [0, 0.05) is 24.5 Å². The van der Waals surface area contributed by atoms with Gasteiger partial charge < -0.3 is 16.0 Å². The molecule has 4 aromatic carbocycles. The van der Waals surface area contributed by atoms with Crippen molar-refractivity contribution in [2.45, 2.75) is 38.0 Å². The zero-order valence-electron chi connectivity index (χ0n) is 24.5. The number of fused-ring (bicyclic) bond motifs is 1. The van der Waals surface area contributed by atoms with Crippen molar-refractivity contribution in [3.05, 3.63) is 102 Å². The molecule has 4 N–H and O–H groups in total. The number of hydrogen-bond acceptors (Lipinski definition) is 6. The minimum absolute atomic E-state index is 0.0297. The maximum atomic E-state index is 14.1. The number of amides is 3.